The molecule has 3 unspecified atom stereocenters. The molecule has 1 aromatic rings. The highest BCUT2D eigenvalue weighted by molar-refractivity contribution is 6.00. The number of hydrogen-bond donors (Lipinski definition) is 1. The van der Waals surface area contributed by atoms with Crippen molar-refractivity contribution in [3.8, 4) is 0 Å². The van der Waals surface area contributed by atoms with Gasteiger partial charge in [0, 0.05) is 32.4 Å². The minimum Gasteiger partial charge on any atom is -0.343 e. The van der Waals surface area contributed by atoms with Gasteiger partial charge in [-0.2, -0.15) is 0 Å². The minimum absolute atomic E-state index is 0.0572. The summed E-state index contributed by atoms with van der Waals surface area (Å²) in [4.78, 5) is 33.7. The van der Waals surface area contributed by atoms with Gasteiger partial charge < -0.3 is 9.80 Å². The number of benzene rings is 1. The molecule has 3 amide bonds. The second-order valence-electron chi connectivity index (χ2n) is 7.74. The smallest absolute Gasteiger partial charge is 0.327 e. The van der Waals surface area contributed by atoms with Crippen LogP contribution in [-0.2, 0) is 4.79 Å². The molecular weight excluding hydrogens is 342 g/mol. The molecule has 1 aromatic carbocycles. The lowest BCUT2D eigenvalue weighted by Crippen LogP contribution is -2.66. The summed E-state index contributed by atoms with van der Waals surface area (Å²) in [5.41, 5.74) is 2.40. The van der Waals surface area contributed by atoms with E-state index in [9.17, 15) is 9.59 Å². The number of hydrogen-bond acceptors (Lipinski definition) is 5. The molecule has 3 aliphatic rings. The summed E-state index contributed by atoms with van der Waals surface area (Å²) in [6, 6.07) is 7.84. The molecular formula is C20H29N5O2. The van der Waals surface area contributed by atoms with E-state index in [4.69, 9.17) is 0 Å². The summed E-state index contributed by atoms with van der Waals surface area (Å²) in [6.07, 6.45) is 2.45. The van der Waals surface area contributed by atoms with Gasteiger partial charge in [-0.3, -0.25) is 19.9 Å². The number of anilines is 1. The van der Waals surface area contributed by atoms with Crippen molar-refractivity contribution in [2.24, 2.45) is 0 Å². The van der Waals surface area contributed by atoms with Gasteiger partial charge in [0.05, 0.1) is 0 Å². The second-order valence-corrected chi connectivity index (χ2v) is 7.74. The number of rotatable bonds is 4. The van der Waals surface area contributed by atoms with Crippen molar-refractivity contribution in [1.82, 2.24) is 20.0 Å². The quantitative estimate of drug-likeness (QED) is 0.874. The Kier molecular flexibility index (Phi) is 4.82. The van der Waals surface area contributed by atoms with E-state index in [0.717, 1.165) is 32.4 Å². The molecule has 4 rings (SSSR count). The monoisotopic (exact) mass is 371 g/mol. The normalized spacial score (nSPS) is 28.6. The van der Waals surface area contributed by atoms with Crippen molar-refractivity contribution in [2.45, 2.75) is 51.6 Å². The van der Waals surface area contributed by atoms with Crippen LogP contribution in [0.15, 0.2) is 24.3 Å². The van der Waals surface area contributed by atoms with Gasteiger partial charge in [0.25, 0.3) is 5.91 Å². The van der Waals surface area contributed by atoms with Crippen molar-refractivity contribution < 1.29 is 9.59 Å². The Hall–Kier alpha value is -2.12. The van der Waals surface area contributed by atoms with E-state index in [0.29, 0.717) is 6.54 Å². The van der Waals surface area contributed by atoms with Crippen molar-refractivity contribution >= 4 is 17.6 Å². The highest BCUT2D eigenvalue weighted by Crippen LogP contribution is 2.34. The van der Waals surface area contributed by atoms with E-state index in [2.05, 4.69) is 47.2 Å². The number of urea groups is 1. The Morgan fingerprint density at radius 3 is 2.70 bits per heavy atom. The highest BCUT2D eigenvalue weighted by atomic mass is 16.2. The van der Waals surface area contributed by atoms with Crippen LogP contribution in [0.25, 0.3) is 0 Å². The Morgan fingerprint density at radius 2 is 1.96 bits per heavy atom. The van der Waals surface area contributed by atoms with Gasteiger partial charge in [-0.25, -0.2) is 4.79 Å². The van der Waals surface area contributed by atoms with E-state index in [1.165, 1.54) is 16.2 Å². The maximum absolute atomic E-state index is 13.2. The summed E-state index contributed by atoms with van der Waals surface area (Å²) in [5.74, 6) is -0.0572. The Morgan fingerprint density at radius 1 is 1.19 bits per heavy atom. The Labute approximate surface area is 160 Å². The van der Waals surface area contributed by atoms with Gasteiger partial charge in [-0.1, -0.05) is 31.5 Å². The lowest BCUT2D eigenvalue weighted by molar-refractivity contribution is -0.138. The Bertz CT molecular complexity index is 739. The standard InChI is InChI=1S/C20H29N5O2/c1-4-5-11-25-18(26)16-17(22(3)20(25)27)21-19-23(12-8-13-24(16)19)15-10-7-6-9-14(15)2/h6-7,9-10,16-17,19,21H,4-5,8,11-13H2,1-3H3. The van der Waals surface area contributed by atoms with Crippen molar-refractivity contribution in [1.29, 1.82) is 0 Å². The molecule has 1 N–H and O–H groups in total. The first kappa shape index (κ1) is 18.3. The molecule has 3 atom stereocenters. The number of amides is 3. The number of unbranched alkanes of at least 4 members (excludes halogenated alkanes) is 1. The van der Waals surface area contributed by atoms with Crippen LogP contribution in [0.2, 0.25) is 0 Å². The zero-order valence-electron chi connectivity index (χ0n) is 16.4. The average Bonchev–Trinajstić information content (AvgIpc) is 3.07. The first-order valence-electron chi connectivity index (χ1n) is 9.97. The van der Waals surface area contributed by atoms with Crippen LogP contribution in [0, 0.1) is 6.92 Å². The first-order valence-corrected chi connectivity index (χ1v) is 9.97. The van der Waals surface area contributed by atoms with E-state index in [-0.39, 0.29) is 30.4 Å². The number of nitrogens with one attached hydrogen (secondary N) is 1. The number of para-hydroxylation sites is 1. The van der Waals surface area contributed by atoms with Crippen LogP contribution < -0.4 is 10.2 Å². The Balaban J connectivity index is 1.64. The topological polar surface area (TPSA) is 59.1 Å². The third-order valence-electron chi connectivity index (χ3n) is 6.03. The van der Waals surface area contributed by atoms with Crippen LogP contribution in [0.5, 0.6) is 0 Å². The molecule has 3 saturated heterocycles. The fraction of sp³-hybridized carbons (Fsp3) is 0.600. The summed E-state index contributed by atoms with van der Waals surface area (Å²) < 4.78 is 0. The maximum atomic E-state index is 13.2. The highest BCUT2D eigenvalue weighted by Gasteiger charge is 2.55. The molecule has 0 aromatic heterocycles. The zero-order chi connectivity index (χ0) is 19.1. The minimum atomic E-state index is -0.318. The molecule has 27 heavy (non-hydrogen) atoms. The number of fused-ring (bicyclic) bond motifs is 3. The summed E-state index contributed by atoms with van der Waals surface area (Å²) in [7, 11) is 1.80. The van der Waals surface area contributed by atoms with Gasteiger partial charge in [0.2, 0.25) is 0 Å². The van der Waals surface area contributed by atoms with Gasteiger partial charge in [-0.15, -0.1) is 0 Å². The predicted octanol–water partition coefficient (Wildman–Crippen LogP) is 1.78. The van der Waals surface area contributed by atoms with Gasteiger partial charge >= 0.3 is 6.03 Å². The number of carbonyl (C=O) groups excluding carboxylic acids is 2. The van der Waals surface area contributed by atoms with Gasteiger partial charge in [0.15, 0.2) is 0 Å². The lowest BCUT2D eigenvalue weighted by Gasteiger charge is -2.44. The van der Waals surface area contributed by atoms with Crippen LogP contribution >= 0.6 is 0 Å². The van der Waals surface area contributed by atoms with Crippen molar-refractivity contribution in [3.05, 3.63) is 29.8 Å². The SMILES string of the molecule is CCCCN1C(=O)C2C(NC3N(c4ccccc4C)CCCN23)N(C)C1=O. The molecule has 7 heteroatoms. The average molecular weight is 371 g/mol. The zero-order valence-corrected chi connectivity index (χ0v) is 16.4. The van der Waals surface area contributed by atoms with Crippen LogP contribution in [0.1, 0.15) is 31.7 Å². The van der Waals surface area contributed by atoms with E-state index in [1.54, 1.807) is 11.9 Å². The van der Waals surface area contributed by atoms with Crippen molar-refractivity contribution in [3.63, 3.8) is 0 Å². The van der Waals surface area contributed by atoms with Gasteiger partial charge in [-0.05, 0) is 31.4 Å². The third kappa shape index (κ3) is 2.89. The predicted molar refractivity (Wildman–Crippen MR) is 104 cm³/mol. The number of carbonyl (C=O) groups is 2. The molecule has 0 aliphatic carbocycles. The summed E-state index contributed by atoms with van der Waals surface area (Å²) in [6.45, 7) is 6.48. The summed E-state index contributed by atoms with van der Waals surface area (Å²) in [5, 5.41) is 3.57. The lowest BCUT2D eigenvalue weighted by atomic mass is 10.1. The van der Waals surface area contributed by atoms with Crippen LogP contribution in [-0.4, -0.2) is 71.8 Å². The number of likely N-dealkylation sites (N-methyl/N-ethyl adjacent to an activating group) is 1. The number of nitrogens with zero attached hydrogens (tertiary/aromatic N) is 4. The molecule has 3 fully saturated rings. The summed E-state index contributed by atoms with van der Waals surface area (Å²) >= 11 is 0. The number of aryl methyl sites for hydroxylation is 1. The van der Waals surface area contributed by atoms with Crippen LogP contribution in [0.4, 0.5) is 10.5 Å². The largest absolute Gasteiger partial charge is 0.343 e. The molecule has 3 aliphatic heterocycles. The molecule has 0 bridgehead atoms. The van der Waals surface area contributed by atoms with Crippen LogP contribution in [0.3, 0.4) is 0 Å². The molecule has 7 nitrogen and oxygen atoms in total. The molecule has 146 valence electrons. The fourth-order valence-corrected chi connectivity index (χ4v) is 4.57. The molecule has 0 radical (unpaired) electrons. The van der Waals surface area contributed by atoms with Gasteiger partial charge in [0.1, 0.15) is 18.5 Å². The molecule has 3 heterocycles. The number of imide groups is 1. The van der Waals surface area contributed by atoms with E-state index >= 15 is 0 Å². The van der Waals surface area contributed by atoms with E-state index in [1.807, 2.05) is 6.07 Å². The maximum Gasteiger partial charge on any atom is 0.327 e. The second kappa shape index (κ2) is 7.13. The molecule has 0 saturated carbocycles. The molecule has 0 spiro atoms. The third-order valence-corrected chi connectivity index (χ3v) is 6.03. The van der Waals surface area contributed by atoms with E-state index < -0.39 is 0 Å². The fourth-order valence-electron chi connectivity index (χ4n) is 4.57. The van der Waals surface area contributed by atoms with Crippen molar-refractivity contribution in [2.75, 3.05) is 31.6 Å². The first-order chi connectivity index (χ1) is 13.0.